The molecular weight excluding hydrogens is 510 g/mol. The molecule has 0 aliphatic carbocycles. The Morgan fingerprint density at radius 3 is 2.56 bits per heavy atom. The number of fused-ring (bicyclic) bond motifs is 1. The number of imidazole rings is 1. The van der Waals surface area contributed by atoms with Crippen molar-refractivity contribution in [1.82, 2.24) is 24.6 Å². The number of benzene rings is 3. The second-order valence-corrected chi connectivity index (χ2v) is 10.6. The van der Waals surface area contributed by atoms with Crippen LogP contribution in [0, 0.1) is 0 Å². The van der Waals surface area contributed by atoms with Crippen molar-refractivity contribution in [2.45, 2.75) is 25.4 Å². The molecule has 1 fully saturated rings. The number of aromatic nitrogens is 4. The van der Waals surface area contributed by atoms with Crippen molar-refractivity contribution >= 4 is 40.0 Å². The normalized spacial score (nSPS) is 14.5. The molecule has 2 aromatic heterocycles. The molecule has 3 N–H and O–H groups in total. The van der Waals surface area contributed by atoms with Crippen LogP contribution in [0.4, 0.5) is 11.5 Å². The lowest BCUT2D eigenvalue weighted by Crippen LogP contribution is -2.36. The van der Waals surface area contributed by atoms with Crippen LogP contribution in [0.2, 0.25) is 5.02 Å². The van der Waals surface area contributed by atoms with Gasteiger partial charge >= 0.3 is 0 Å². The molecule has 0 unspecified atom stereocenters. The monoisotopic (exact) mass is 539 g/mol. The Hall–Kier alpha value is -4.14. The number of hydrogen-bond acceptors (Lipinski definition) is 5. The highest BCUT2D eigenvalue weighted by atomic mass is 35.5. The molecular formula is C30H30ClN7O. The second-order valence-electron chi connectivity index (χ2n) is 10.1. The van der Waals surface area contributed by atoms with Gasteiger partial charge in [-0.25, -0.2) is 4.98 Å². The Balaban J connectivity index is 1.12. The first-order chi connectivity index (χ1) is 19.0. The Morgan fingerprint density at radius 1 is 1.03 bits per heavy atom. The van der Waals surface area contributed by atoms with Crippen LogP contribution in [0.15, 0.2) is 79.1 Å². The van der Waals surface area contributed by atoms with E-state index in [1.165, 1.54) is 0 Å². The Labute approximate surface area is 232 Å². The maximum absolute atomic E-state index is 12.9. The van der Waals surface area contributed by atoms with E-state index in [-0.39, 0.29) is 5.91 Å². The van der Waals surface area contributed by atoms with E-state index >= 15 is 0 Å². The Kier molecular flexibility index (Phi) is 7.04. The minimum atomic E-state index is -0.199. The van der Waals surface area contributed by atoms with Crippen molar-refractivity contribution in [3.8, 4) is 11.3 Å². The number of piperidine rings is 1. The number of rotatable bonds is 7. The highest BCUT2D eigenvalue weighted by Gasteiger charge is 2.17. The molecule has 8 nitrogen and oxygen atoms in total. The first-order valence-electron chi connectivity index (χ1n) is 13.1. The molecule has 1 amide bonds. The van der Waals surface area contributed by atoms with Crippen molar-refractivity contribution in [3.63, 3.8) is 0 Å². The zero-order valence-electron chi connectivity index (χ0n) is 21.7. The highest BCUT2D eigenvalue weighted by molar-refractivity contribution is 6.30. The van der Waals surface area contributed by atoms with Crippen molar-refractivity contribution in [2.24, 2.45) is 0 Å². The molecule has 0 saturated carbocycles. The molecule has 3 aromatic carbocycles. The summed E-state index contributed by atoms with van der Waals surface area (Å²) in [4.78, 5) is 19.8. The first-order valence-corrected chi connectivity index (χ1v) is 13.5. The van der Waals surface area contributed by atoms with Gasteiger partial charge in [-0.3, -0.25) is 9.89 Å². The molecule has 1 aliphatic rings. The lowest BCUT2D eigenvalue weighted by molar-refractivity contribution is 0.102. The number of likely N-dealkylation sites (tertiary alicyclic amines) is 1. The van der Waals surface area contributed by atoms with E-state index in [1.807, 2.05) is 73.1 Å². The summed E-state index contributed by atoms with van der Waals surface area (Å²) < 4.78 is 2.10. The van der Waals surface area contributed by atoms with Crippen LogP contribution in [0.25, 0.3) is 22.3 Å². The second kappa shape index (κ2) is 10.9. The summed E-state index contributed by atoms with van der Waals surface area (Å²) in [6.45, 7) is 2.89. The molecule has 5 aromatic rings. The lowest BCUT2D eigenvalue weighted by Gasteiger charge is -2.30. The number of halogens is 1. The van der Waals surface area contributed by atoms with E-state index in [1.54, 1.807) is 0 Å². The summed E-state index contributed by atoms with van der Waals surface area (Å²) in [6, 6.07) is 23.8. The summed E-state index contributed by atoms with van der Waals surface area (Å²) in [5, 5.41) is 14.6. The molecule has 0 bridgehead atoms. The number of aromatic amines is 1. The predicted octanol–water partition coefficient (Wildman–Crippen LogP) is 5.89. The fourth-order valence-electron chi connectivity index (χ4n) is 4.97. The van der Waals surface area contributed by atoms with Gasteiger partial charge in [0.15, 0.2) is 5.82 Å². The predicted molar refractivity (Wildman–Crippen MR) is 156 cm³/mol. The fourth-order valence-corrected chi connectivity index (χ4v) is 5.09. The molecule has 9 heteroatoms. The van der Waals surface area contributed by atoms with Crippen molar-refractivity contribution in [1.29, 1.82) is 0 Å². The number of carbonyl (C=O) groups excluding carboxylic acids is 1. The lowest BCUT2D eigenvalue weighted by atomic mass is 10.0. The number of hydrogen-bond donors (Lipinski definition) is 3. The largest absolute Gasteiger partial charge is 0.382 e. The van der Waals surface area contributed by atoms with Gasteiger partial charge in [0.25, 0.3) is 5.91 Å². The van der Waals surface area contributed by atoms with Gasteiger partial charge in [0.1, 0.15) is 0 Å². The number of carbonyl (C=O) groups is 1. The van der Waals surface area contributed by atoms with Gasteiger partial charge in [-0.1, -0.05) is 29.8 Å². The zero-order valence-corrected chi connectivity index (χ0v) is 22.4. The molecule has 1 saturated heterocycles. The minimum Gasteiger partial charge on any atom is -0.382 e. The quantitative estimate of drug-likeness (QED) is 0.240. The summed E-state index contributed by atoms with van der Waals surface area (Å²) in [6.07, 6.45) is 4.09. The van der Waals surface area contributed by atoms with Crippen LogP contribution in [-0.4, -0.2) is 56.7 Å². The number of nitrogens with zero attached hydrogens (tertiary/aromatic N) is 4. The number of H-pyrrole nitrogens is 1. The molecule has 0 atom stereocenters. The molecule has 198 valence electrons. The average Bonchev–Trinajstić information content (AvgIpc) is 3.58. The third kappa shape index (κ3) is 5.82. The van der Waals surface area contributed by atoms with E-state index in [0.717, 1.165) is 64.5 Å². The van der Waals surface area contributed by atoms with Crippen LogP contribution in [0.3, 0.4) is 0 Å². The van der Waals surface area contributed by atoms with E-state index < -0.39 is 0 Å². The molecule has 0 spiro atoms. The molecule has 6 rings (SSSR count). The summed E-state index contributed by atoms with van der Waals surface area (Å²) >= 11 is 6.03. The van der Waals surface area contributed by atoms with Crippen LogP contribution < -0.4 is 10.6 Å². The smallest absolute Gasteiger partial charge is 0.256 e. The van der Waals surface area contributed by atoms with Gasteiger partial charge in [-0.2, -0.15) is 5.10 Å². The molecule has 39 heavy (non-hydrogen) atoms. The van der Waals surface area contributed by atoms with Gasteiger partial charge in [0.05, 0.1) is 23.1 Å². The van der Waals surface area contributed by atoms with E-state index in [9.17, 15) is 4.79 Å². The number of nitrogens with one attached hydrogen (secondary N) is 3. The van der Waals surface area contributed by atoms with Gasteiger partial charge in [-0.15, -0.1) is 0 Å². The number of anilines is 2. The fraction of sp³-hybridized carbons (Fsp3) is 0.233. The van der Waals surface area contributed by atoms with Crippen LogP contribution in [0.5, 0.6) is 0 Å². The van der Waals surface area contributed by atoms with E-state index in [0.29, 0.717) is 24.0 Å². The Morgan fingerprint density at radius 2 is 1.79 bits per heavy atom. The first kappa shape index (κ1) is 25.2. The van der Waals surface area contributed by atoms with Gasteiger partial charge in [-0.05, 0) is 87.1 Å². The summed E-state index contributed by atoms with van der Waals surface area (Å²) in [5.74, 6) is 0.272. The third-order valence-corrected chi connectivity index (χ3v) is 7.51. The maximum atomic E-state index is 12.9. The zero-order chi connectivity index (χ0) is 26.8. The van der Waals surface area contributed by atoms with Crippen LogP contribution in [0.1, 0.15) is 28.8 Å². The molecule has 1 aliphatic heterocycles. The van der Waals surface area contributed by atoms with Crippen LogP contribution >= 0.6 is 11.6 Å². The van der Waals surface area contributed by atoms with Crippen molar-refractivity contribution in [3.05, 3.63) is 95.3 Å². The van der Waals surface area contributed by atoms with Gasteiger partial charge < -0.3 is 20.1 Å². The Bertz CT molecular complexity index is 1580. The maximum Gasteiger partial charge on any atom is 0.256 e. The van der Waals surface area contributed by atoms with E-state index in [2.05, 4.69) is 48.4 Å². The van der Waals surface area contributed by atoms with Crippen molar-refractivity contribution < 1.29 is 4.79 Å². The van der Waals surface area contributed by atoms with Crippen molar-refractivity contribution in [2.75, 3.05) is 30.8 Å². The standard InChI is InChI=1S/C30H30ClN7O/c1-37-14-12-25(13-15-37)33-24-9-4-21(5-10-24)30(39)34-29-17-27(35-36-29)22-6-11-26-28(16-22)38(19-32-26)18-20-2-7-23(31)8-3-20/h2-11,16-17,19,25,33H,12-15,18H2,1H3,(H2,34,35,36,39). The minimum absolute atomic E-state index is 0.199. The molecule has 3 heterocycles. The summed E-state index contributed by atoms with van der Waals surface area (Å²) in [7, 11) is 2.16. The molecule has 0 radical (unpaired) electrons. The van der Waals surface area contributed by atoms with Gasteiger partial charge in [0.2, 0.25) is 0 Å². The summed E-state index contributed by atoms with van der Waals surface area (Å²) in [5.41, 5.74) is 6.45. The average molecular weight is 540 g/mol. The third-order valence-electron chi connectivity index (χ3n) is 7.25. The number of amides is 1. The SMILES string of the molecule is CN1CCC(Nc2ccc(C(=O)Nc3cc(-c4ccc5ncn(Cc6ccc(Cl)cc6)c5c4)[nH]n3)cc2)CC1. The topological polar surface area (TPSA) is 90.9 Å². The van der Waals surface area contributed by atoms with Gasteiger partial charge in [0, 0.05) is 40.5 Å². The van der Waals surface area contributed by atoms with Crippen LogP contribution in [-0.2, 0) is 6.54 Å². The highest BCUT2D eigenvalue weighted by Crippen LogP contribution is 2.25. The van der Waals surface area contributed by atoms with E-state index in [4.69, 9.17) is 11.6 Å².